The minimum atomic E-state index is -1.50. The molecule has 5 N–H and O–H groups in total. The summed E-state index contributed by atoms with van der Waals surface area (Å²) in [6.45, 7) is 0.959. The highest BCUT2D eigenvalue weighted by Gasteiger charge is 2.52. The van der Waals surface area contributed by atoms with Gasteiger partial charge in [-0.25, -0.2) is 4.79 Å². The summed E-state index contributed by atoms with van der Waals surface area (Å²) in [5.41, 5.74) is 3.17. The zero-order valence-corrected chi connectivity index (χ0v) is 9.72. The van der Waals surface area contributed by atoms with E-state index in [2.05, 4.69) is 4.98 Å². The van der Waals surface area contributed by atoms with Crippen LogP contribution in [0.4, 0.5) is 5.82 Å². The van der Waals surface area contributed by atoms with Crippen LogP contribution in [0.25, 0.3) is 0 Å². The van der Waals surface area contributed by atoms with E-state index >= 15 is 0 Å². The Hall–Kier alpha value is -1.48. The molecule has 8 heteroatoms. The monoisotopic (exact) mass is 257 g/mol. The molecule has 0 amide bonds. The van der Waals surface area contributed by atoms with Crippen molar-refractivity contribution in [3.05, 3.63) is 22.7 Å². The molecule has 0 spiro atoms. The second kappa shape index (κ2) is 4.32. The topological polar surface area (TPSA) is 131 Å². The third-order valence-corrected chi connectivity index (χ3v) is 3.13. The van der Waals surface area contributed by atoms with Crippen molar-refractivity contribution >= 4 is 5.82 Å². The van der Waals surface area contributed by atoms with Gasteiger partial charge in [0.05, 0.1) is 6.61 Å². The van der Waals surface area contributed by atoms with Crippen molar-refractivity contribution in [2.24, 2.45) is 0 Å². The van der Waals surface area contributed by atoms with Crippen LogP contribution in [-0.2, 0) is 10.5 Å². The lowest BCUT2D eigenvalue weighted by atomic mass is 10.0. The number of ether oxygens (including phenoxy) is 1. The Morgan fingerprint density at radius 1 is 1.61 bits per heavy atom. The van der Waals surface area contributed by atoms with Gasteiger partial charge < -0.3 is 25.8 Å². The molecule has 2 rings (SSSR count). The van der Waals surface area contributed by atoms with Crippen molar-refractivity contribution in [2.75, 3.05) is 12.3 Å². The molecule has 1 aliphatic heterocycles. The molecule has 1 fully saturated rings. The van der Waals surface area contributed by atoms with E-state index in [4.69, 9.17) is 15.6 Å². The van der Waals surface area contributed by atoms with Crippen molar-refractivity contribution in [1.82, 2.24) is 9.55 Å². The van der Waals surface area contributed by atoms with Crippen molar-refractivity contribution in [3.8, 4) is 0 Å². The molecule has 0 radical (unpaired) electrons. The second-order valence-electron chi connectivity index (χ2n) is 4.33. The Kier molecular flexibility index (Phi) is 3.11. The first kappa shape index (κ1) is 13.0. The van der Waals surface area contributed by atoms with Crippen LogP contribution in [0.2, 0.25) is 0 Å². The molecular formula is C10H15N3O5. The van der Waals surface area contributed by atoms with E-state index in [1.165, 1.54) is 19.2 Å². The number of nitrogens with two attached hydrogens (primary N) is 1. The average molecular weight is 257 g/mol. The highest BCUT2D eigenvalue weighted by molar-refractivity contribution is 5.24. The fourth-order valence-corrected chi connectivity index (χ4v) is 2.06. The van der Waals surface area contributed by atoms with Gasteiger partial charge in [-0.05, 0) is 13.0 Å². The molecule has 2 heterocycles. The quantitative estimate of drug-likeness (QED) is 0.465. The van der Waals surface area contributed by atoms with Crippen LogP contribution in [0.1, 0.15) is 6.92 Å². The van der Waals surface area contributed by atoms with Gasteiger partial charge in [-0.2, -0.15) is 4.98 Å². The standard InChI is InChI=1S/C10H15N3O5/c1-10(8(16)7(15)5(4-14)18-10)13-3-2-6(11)12-9(13)17/h2-3,5,7-8,14-16H,4H2,1H3,(H2,11,12,17)/t5-,7-,8-,10+/m1/s1. The first-order valence-electron chi connectivity index (χ1n) is 5.40. The van der Waals surface area contributed by atoms with Gasteiger partial charge in [0.1, 0.15) is 24.1 Å². The summed E-state index contributed by atoms with van der Waals surface area (Å²) in [5, 5.41) is 28.7. The summed E-state index contributed by atoms with van der Waals surface area (Å²) in [6, 6.07) is 1.38. The van der Waals surface area contributed by atoms with E-state index in [-0.39, 0.29) is 5.82 Å². The van der Waals surface area contributed by atoms with E-state index in [1.54, 1.807) is 0 Å². The Bertz CT molecular complexity index is 505. The van der Waals surface area contributed by atoms with Gasteiger partial charge in [-0.1, -0.05) is 0 Å². The molecule has 1 aromatic heterocycles. The van der Waals surface area contributed by atoms with E-state index in [1.807, 2.05) is 0 Å². The van der Waals surface area contributed by atoms with Gasteiger partial charge in [0.15, 0.2) is 5.72 Å². The largest absolute Gasteiger partial charge is 0.394 e. The zero-order valence-electron chi connectivity index (χ0n) is 9.72. The smallest absolute Gasteiger partial charge is 0.351 e. The van der Waals surface area contributed by atoms with E-state index < -0.39 is 36.3 Å². The fraction of sp³-hybridized carbons (Fsp3) is 0.600. The highest BCUT2D eigenvalue weighted by Crippen LogP contribution is 2.34. The number of nitrogens with zero attached hydrogens (tertiary/aromatic N) is 2. The second-order valence-corrected chi connectivity index (χ2v) is 4.33. The molecule has 18 heavy (non-hydrogen) atoms. The van der Waals surface area contributed by atoms with Crippen LogP contribution >= 0.6 is 0 Å². The molecule has 4 atom stereocenters. The normalized spacial score (nSPS) is 35.9. The van der Waals surface area contributed by atoms with Gasteiger partial charge >= 0.3 is 5.69 Å². The van der Waals surface area contributed by atoms with Crippen LogP contribution < -0.4 is 11.4 Å². The molecule has 1 saturated heterocycles. The molecular weight excluding hydrogens is 242 g/mol. The number of aliphatic hydroxyl groups is 3. The molecule has 0 aliphatic carbocycles. The first-order valence-corrected chi connectivity index (χ1v) is 5.40. The number of nitrogen functional groups attached to an aromatic ring is 1. The number of hydrogen-bond acceptors (Lipinski definition) is 7. The minimum absolute atomic E-state index is 0.0478. The van der Waals surface area contributed by atoms with Crippen molar-refractivity contribution < 1.29 is 20.1 Å². The Labute approximate surface area is 102 Å². The summed E-state index contributed by atoms with van der Waals surface area (Å²) in [5.74, 6) is 0.0478. The maximum Gasteiger partial charge on any atom is 0.351 e. The van der Waals surface area contributed by atoms with Crippen molar-refractivity contribution in [3.63, 3.8) is 0 Å². The van der Waals surface area contributed by atoms with E-state index in [0.717, 1.165) is 4.57 Å². The Balaban J connectivity index is 2.46. The number of rotatable bonds is 2. The number of anilines is 1. The molecule has 100 valence electrons. The Morgan fingerprint density at radius 2 is 2.28 bits per heavy atom. The molecule has 8 nitrogen and oxygen atoms in total. The lowest BCUT2D eigenvalue weighted by Gasteiger charge is -2.29. The highest BCUT2D eigenvalue weighted by atomic mass is 16.6. The van der Waals surface area contributed by atoms with Gasteiger partial charge in [0.2, 0.25) is 0 Å². The van der Waals surface area contributed by atoms with Gasteiger partial charge in [-0.15, -0.1) is 0 Å². The SMILES string of the molecule is C[C@]1(n2ccc(N)nc2=O)O[C@H](CO)[C@@H](O)[C@H]1O. The fourth-order valence-electron chi connectivity index (χ4n) is 2.06. The summed E-state index contributed by atoms with van der Waals surface area (Å²) >= 11 is 0. The average Bonchev–Trinajstić information content (AvgIpc) is 2.54. The molecule has 0 bridgehead atoms. The molecule has 1 aromatic rings. The molecule has 0 aromatic carbocycles. The van der Waals surface area contributed by atoms with Crippen LogP contribution in [0, 0.1) is 0 Å². The maximum absolute atomic E-state index is 11.7. The molecule has 0 unspecified atom stereocenters. The van der Waals surface area contributed by atoms with Crippen LogP contribution in [0.15, 0.2) is 17.1 Å². The zero-order chi connectivity index (χ0) is 13.5. The van der Waals surface area contributed by atoms with Crippen molar-refractivity contribution in [1.29, 1.82) is 0 Å². The van der Waals surface area contributed by atoms with E-state index in [0.29, 0.717) is 0 Å². The lowest BCUT2D eigenvalue weighted by molar-refractivity contribution is -0.137. The van der Waals surface area contributed by atoms with Gasteiger partial charge in [0, 0.05) is 6.20 Å². The predicted octanol–water partition coefficient (Wildman–Crippen LogP) is -2.39. The summed E-state index contributed by atoms with van der Waals surface area (Å²) < 4.78 is 6.40. The lowest BCUT2D eigenvalue weighted by Crippen LogP contribution is -2.48. The summed E-state index contributed by atoms with van der Waals surface area (Å²) in [6.07, 6.45) is -2.29. The van der Waals surface area contributed by atoms with Crippen molar-refractivity contribution in [2.45, 2.75) is 31.0 Å². The van der Waals surface area contributed by atoms with E-state index in [9.17, 15) is 15.0 Å². The van der Waals surface area contributed by atoms with Crippen LogP contribution in [-0.4, -0.2) is 49.8 Å². The maximum atomic E-state index is 11.7. The van der Waals surface area contributed by atoms with Crippen LogP contribution in [0.3, 0.4) is 0 Å². The predicted molar refractivity (Wildman–Crippen MR) is 60.5 cm³/mol. The number of aromatic nitrogens is 2. The summed E-state index contributed by atoms with van der Waals surface area (Å²) in [7, 11) is 0. The minimum Gasteiger partial charge on any atom is -0.394 e. The number of hydrogen-bond donors (Lipinski definition) is 4. The number of aliphatic hydroxyl groups excluding tert-OH is 3. The summed E-state index contributed by atoms with van der Waals surface area (Å²) in [4.78, 5) is 15.2. The molecule has 0 saturated carbocycles. The third kappa shape index (κ3) is 1.79. The third-order valence-electron chi connectivity index (χ3n) is 3.13. The Morgan fingerprint density at radius 3 is 2.78 bits per heavy atom. The van der Waals surface area contributed by atoms with Gasteiger partial charge in [0.25, 0.3) is 0 Å². The van der Waals surface area contributed by atoms with Gasteiger partial charge in [-0.3, -0.25) is 4.57 Å². The molecule has 1 aliphatic rings. The van der Waals surface area contributed by atoms with Crippen LogP contribution in [0.5, 0.6) is 0 Å². The first-order chi connectivity index (χ1) is 8.40.